The predicted molar refractivity (Wildman–Crippen MR) is 47.5 cm³/mol. The van der Waals surface area contributed by atoms with Gasteiger partial charge in [0.1, 0.15) is 0 Å². The Balaban J connectivity index is -0.000000320. The molecular formula is C6H15ClN2O2. The van der Waals surface area contributed by atoms with Gasteiger partial charge in [-0.25, -0.2) is 0 Å². The second kappa shape index (κ2) is 9.42. The van der Waals surface area contributed by atoms with Crippen molar-refractivity contribution < 1.29 is 10.3 Å². The molecule has 0 aromatic rings. The highest BCUT2D eigenvalue weighted by molar-refractivity contribution is 5.91. The molecule has 1 amide bonds. The SMILES string of the molecule is CC(=CCCN)C(N)=O.Cl.O. The first-order valence-corrected chi connectivity index (χ1v) is 2.85. The standard InChI is InChI=1S/C6H12N2O.ClH.H2O/c1-5(6(8)9)3-2-4-7;;/h3H,2,4,7H2,1H3,(H2,8,9);1H;1H2. The van der Waals surface area contributed by atoms with E-state index in [2.05, 4.69) is 0 Å². The summed E-state index contributed by atoms with van der Waals surface area (Å²) in [6.45, 7) is 2.24. The molecule has 0 rings (SSSR count). The fraction of sp³-hybridized carbons (Fsp3) is 0.500. The van der Waals surface area contributed by atoms with E-state index in [1.165, 1.54) is 0 Å². The van der Waals surface area contributed by atoms with Gasteiger partial charge in [-0.1, -0.05) is 6.08 Å². The van der Waals surface area contributed by atoms with Crippen LogP contribution in [0.3, 0.4) is 0 Å². The Labute approximate surface area is 72.3 Å². The molecule has 0 bridgehead atoms. The van der Waals surface area contributed by atoms with E-state index in [9.17, 15) is 4.79 Å². The lowest BCUT2D eigenvalue weighted by Crippen LogP contribution is -2.11. The summed E-state index contributed by atoms with van der Waals surface area (Å²) >= 11 is 0. The average molecular weight is 183 g/mol. The van der Waals surface area contributed by atoms with Crippen molar-refractivity contribution in [2.45, 2.75) is 13.3 Å². The van der Waals surface area contributed by atoms with Gasteiger partial charge in [0.15, 0.2) is 0 Å². The molecular weight excluding hydrogens is 168 g/mol. The third-order valence-corrected chi connectivity index (χ3v) is 1.01. The summed E-state index contributed by atoms with van der Waals surface area (Å²) in [5.74, 6) is -0.372. The van der Waals surface area contributed by atoms with Crippen molar-refractivity contribution in [3.8, 4) is 0 Å². The van der Waals surface area contributed by atoms with Gasteiger partial charge in [-0.2, -0.15) is 0 Å². The Hall–Kier alpha value is -0.580. The lowest BCUT2D eigenvalue weighted by Gasteiger charge is -1.91. The maximum Gasteiger partial charge on any atom is 0.244 e. The summed E-state index contributed by atoms with van der Waals surface area (Å²) in [4.78, 5) is 10.3. The van der Waals surface area contributed by atoms with Gasteiger partial charge in [-0.3, -0.25) is 4.79 Å². The van der Waals surface area contributed by atoms with E-state index in [1.54, 1.807) is 13.0 Å². The molecule has 0 atom stereocenters. The smallest absolute Gasteiger partial charge is 0.244 e. The number of carbonyl (C=O) groups excluding carboxylic acids is 1. The number of primary amides is 1. The molecule has 0 saturated carbocycles. The van der Waals surface area contributed by atoms with Crippen LogP contribution in [-0.4, -0.2) is 17.9 Å². The summed E-state index contributed by atoms with van der Waals surface area (Å²) in [5, 5.41) is 0. The number of carbonyl (C=O) groups is 1. The summed E-state index contributed by atoms with van der Waals surface area (Å²) in [7, 11) is 0. The highest BCUT2D eigenvalue weighted by Gasteiger charge is 1.93. The van der Waals surface area contributed by atoms with E-state index < -0.39 is 0 Å². The molecule has 0 saturated heterocycles. The molecule has 0 aromatic carbocycles. The third kappa shape index (κ3) is 9.42. The average Bonchev–Trinajstić information content (AvgIpc) is 1.82. The van der Waals surface area contributed by atoms with Crippen LogP contribution in [0.1, 0.15) is 13.3 Å². The quantitative estimate of drug-likeness (QED) is 0.568. The van der Waals surface area contributed by atoms with E-state index in [4.69, 9.17) is 11.5 Å². The van der Waals surface area contributed by atoms with Crippen molar-refractivity contribution in [3.05, 3.63) is 11.6 Å². The zero-order chi connectivity index (χ0) is 7.28. The van der Waals surface area contributed by atoms with Gasteiger partial charge in [-0.05, 0) is 19.9 Å². The fourth-order valence-electron chi connectivity index (χ4n) is 0.400. The minimum Gasteiger partial charge on any atom is -0.412 e. The zero-order valence-electron chi connectivity index (χ0n) is 6.46. The van der Waals surface area contributed by atoms with Crippen LogP contribution in [0.25, 0.3) is 0 Å². The fourth-order valence-corrected chi connectivity index (χ4v) is 0.400. The highest BCUT2D eigenvalue weighted by atomic mass is 35.5. The summed E-state index contributed by atoms with van der Waals surface area (Å²) in [6, 6.07) is 0. The second-order valence-corrected chi connectivity index (χ2v) is 1.83. The molecule has 11 heavy (non-hydrogen) atoms. The van der Waals surface area contributed by atoms with Gasteiger partial charge in [0.2, 0.25) is 5.91 Å². The molecule has 0 aliphatic rings. The zero-order valence-corrected chi connectivity index (χ0v) is 7.28. The third-order valence-electron chi connectivity index (χ3n) is 1.01. The Morgan fingerprint density at radius 3 is 2.27 bits per heavy atom. The molecule has 68 valence electrons. The van der Waals surface area contributed by atoms with Crippen molar-refractivity contribution in [3.63, 3.8) is 0 Å². The molecule has 0 radical (unpaired) electrons. The molecule has 0 aliphatic heterocycles. The summed E-state index contributed by atoms with van der Waals surface area (Å²) in [5.41, 5.74) is 10.7. The van der Waals surface area contributed by atoms with Crippen LogP contribution in [0.5, 0.6) is 0 Å². The van der Waals surface area contributed by atoms with E-state index >= 15 is 0 Å². The molecule has 0 aromatic heterocycles. The van der Waals surface area contributed by atoms with Crippen LogP contribution in [-0.2, 0) is 4.79 Å². The largest absolute Gasteiger partial charge is 0.412 e. The molecule has 4 nitrogen and oxygen atoms in total. The molecule has 5 heteroatoms. The van der Waals surface area contributed by atoms with Crippen molar-refractivity contribution in [2.24, 2.45) is 11.5 Å². The number of rotatable bonds is 3. The first kappa shape index (κ1) is 16.8. The van der Waals surface area contributed by atoms with Gasteiger partial charge in [0.25, 0.3) is 0 Å². The molecule has 0 heterocycles. The highest BCUT2D eigenvalue weighted by Crippen LogP contribution is 1.91. The first-order chi connectivity index (χ1) is 4.18. The Kier molecular flexibility index (Phi) is 14.4. The second-order valence-electron chi connectivity index (χ2n) is 1.83. The van der Waals surface area contributed by atoms with E-state index in [1.807, 2.05) is 0 Å². The lowest BCUT2D eigenvalue weighted by atomic mass is 10.2. The van der Waals surface area contributed by atoms with Crippen LogP contribution in [0.15, 0.2) is 11.6 Å². The van der Waals surface area contributed by atoms with Crippen LogP contribution >= 0.6 is 12.4 Å². The Bertz CT molecular complexity index is 137. The minimum absolute atomic E-state index is 0. The molecule has 0 spiro atoms. The first-order valence-electron chi connectivity index (χ1n) is 2.85. The maximum absolute atomic E-state index is 10.3. The summed E-state index contributed by atoms with van der Waals surface area (Å²) < 4.78 is 0. The van der Waals surface area contributed by atoms with Crippen LogP contribution in [0.4, 0.5) is 0 Å². The number of hydrogen-bond acceptors (Lipinski definition) is 2. The molecule has 0 aliphatic carbocycles. The number of hydrogen-bond donors (Lipinski definition) is 2. The normalized spacial score (nSPS) is 9.45. The van der Waals surface area contributed by atoms with Crippen LogP contribution in [0, 0.1) is 0 Å². The van der Waals surface area contributed by atoms with Crippen molar-refractivity contribution >= 4 is 18.3 Å². The molecule has 6 N–H and O–H groups in total. The lowest BCUT2D eigenvalue weighted by molar-refractivity contribution is -0.114. The van der Waals surface area contributed by atoms with Crippen LogP contribution < -0.4 is 11.5 Å². The molecule has 0 unspecified atom stereocenters. The molecule has 0 fully saturated rings. The number of amides is 1. The van der Waals surface area contributed by atoms with Crippen molar-refractivity contribution in [1.82, 2.24) is 0 Å². The number of halogens is 1. The Morgan fingerprint density at radius 2 is 2.00 bits per heavy atom. The van der Waals surface area contributed by atoms with Crippen molar-refractivity contribution in [1.29, 1.82) is 0 Å². The number of nitrogens with two attached hydrogens (primary N) is 2. The topological polar surface area (TPSA) is 101 Å². The minimum atomic E-state index is -0.372. The van der Waals surface area contributed by atoms with Gasteiger partial charge >= 0.3 is 0 Å². The maximum atomic E-state index is 10.3. The van der Waals surface area contributed by atoms with Gasteiger partial charge in [0, 0.05) is 5.57 Å². The van der Waals surface area contributed by atoms with Crippen molar-refractivity contribution in [2.75, 3.05) is 6.54 Å². The summed E-state index contributed by atoms with van der Waals surface area (Å²) in [6.07, 6.45) is 2.46. The van der Waals surface area contributed by atoms with Crippen LogP contribution in [0.2, 0.25) is 0 Å². The predicted octanol–water partition coefficient (Wildman–Crippen LogP) is -0.636. The monoisotopic (exact) mass is 182 g/mol. The van der Waals surface area contributed by atoms with Gasteiger partial charge < -0.3 is 16.9 Å². The van der Waals surface area contributed by atoms with Gasteiger partial charge in [-0.15, -0.1) is 12.4 Å². The Morgan fingerprint density at radius 1 is 1.55 bits per heavy atom. The van der Waals surface area contributed by atoms with Gasteiger partial charge in [0.05, 0.1) is 0 Å². The van der Waals surface area contributed by atoms with E-state index in [0.29, 0.717) is 12.1 Å². The van der Waals surface area contributed by atoms with E-state index in [0.717, 1.165) is 6.42 Å². The van der Waals surface area contributed by atoms with E-state index in [-0.39, 0.29) is 23.8 Å².